The van der Waals surface area contributed by atoms with Gasteiger partial charge in [-0.05, 0) is 53.6 Å². The molecule has 1 rings (SSSR count). The van der Waals surface area contributed by atoms with E-state index >= 15 is 0 Å². The highest BCUT2D eigenvalue weighted by atomic mass is 127. The molecule has 0 N–H and O–H groups in total. The number of hydrogen-bond acceptors (Lipinski definition) is 6. The van der Waals surface area contributed by atoms with Gasteiger partial charge in [0.1, 0.15) is 6.61 Å². The number of carbonyl (C=O) groups excluding carboxylic acids is 2. The van der Waals surface area contributed by atoms with Crippen LogP contribution in [0.15, 0.2) is 18.2 Å². The molecule has 0 atom stereocenters. The number of halogens is 1. The van der Waals surface area contributed by atoms with Crippen LogP contribution in [0, 0.1) is 3.57 Å². The average Bonchev–Trinajstić information content (AvgIpc) is 2.66. The summed E-state index contributed by atoms with van der Waals surface area (Å²) in [5.41, 5.74) is 0.678. The maximum Gasteiger partial charge on any atom is 0.338 e. The first-order valence-electron chi connectivity index (χ1n) is 9.38. The number of ether oxygens (including phenoxy) is 4. The predicted molar refractivity (Wildman–Crippen MR) is 111 cm³/mol. The van der Waals surface area contributed by atoms with Crippen LogP contribution in [0.2, 0.25) is 0 Å². The highest BCUT2D eigenvalue weighted by Gasteiger charge is 2.14. The van der Waals surface area contributed by atoms with Gasteiger partial charge >= 0.3 is 11.9 Å². The van der Waals surface area contributed by atoms with Gasteiger partial charge in [-0.15, -0.1) is 0 Å². The molecule has 0 aliphatic rings. The number of carbonyl (C=O) groups is 2. The van der Waals surface area contributed by atoms with Crippen LogP contribution in [0.25, 0.3) is 0 Å². The van der Waals surface area contributed by atoms with Crippen LogP contribution in [-0.4, -0.2) is 51.6 Å². The number of unbranched alkanes of at least 4 members (excludes halogenated alkanes) is 2. The molecule has 0 saturated heterocycles. The van der Waals surface area contributed by atoms with Gasteiger partial charge in [-0.2, -0.15) is 0 Å². The molecule has 1 aromatic rings. The number of benzene rings is 1. The van der Waals surface area contributed by atoms with E-state index in [-0.39, 0.29) is 6.61 Å². The van der Waals surface area contributed by atoms with Gasteiger partial charge in [0.25, 0.3) is 0 Å². The fourth-order valence-corrected chi connectivity index (χ4v) is 2.73. The molecule has 0 bridgehead atoms. The Morgan fingerprint density at radius 1 is 0.741 bits per heavy atom. The fraction of sp³-hybridized carbons (Fsp3) is 0.600. The lowest BCUT2D eigenvalue weighted by Gasteiger charge is -2.09. The van der Waals surface area contributed by atoms with Crippen molar-refractivity contribution in [2.45, 2.75) is 39.5 Å². The summed E-state index contributed by atoms with van der Waals surface area (Å²) in [5, 5.41) is 0. The highest BCUT2D eigenvalue weighted by Crippen LogP contribution is 2.15. The monoisotopic (exact) mass is 492 g/mol. The Labute approximate surface area is 175 Å². The van der Waals surface area contributed by atoms with Gasteiger partial charge < -0.3 is 18.9 Å². The SMILES string of the molecule is CCCCOCCOCCOC(=O)c1cc(I)cc(C(=O)OCCCC)c1. The van der Waals surface area contributed by atoms with E-state index in [0.717, 1.165) is 35.9 Å². The third kappa shape index (κ3) is 10.7. The normalized spacial score (nSPS) is 10.6. The molecular weight excluding hydrogens is 463 g/mol. The minimum absolute atomic E-state index is 0.148. The molecular formula is C20H29IO6. The third-order valence-corrected chi connectivity index (χ3v) is 4.20. The van der Waals surface area contributed by atoms with Crippen molar-refractivity contribution >= 4 is 34.5 Å². The molecule has 0 unspecified atom stereocenters. The van der Waals surface area contributed by atoms with Crippen molar-refractivity contribution < 1.29 is 28.5 Å². The molecule has 1 aromatic carbocycles. The van der Waals surface area contributed by atoms with Crippen LogP contribution < -0.4 is 0 Å². The summed E-state index contributed by atoms with van der Waals surface area (Å²) >= 11 is 2.06. The van der Waals surface area contributed by atoms with E-state index in [1.807, 2.05) is 6.92 Å². The zero-order valence-corrected chi connectivity index (χ0v) is 18.3. The summed E-state index contributed by atoms with van der Waals surface area (Å²) in [7, 11) is 0. The lowest BCUT2D eigenvalue weighted by molar-refractivity contribution is 0.0143. The smallest absolute Gasteiger partial charge is 0.338 e. The second-order valence-corrected chi connectivity index (χ2v) is 7.18. The molecule has 0 aliphatic heterocycles. The van der Waals surface area contributed by atoms with E-state index in [1.165, 1.54) is 6.07 Å². The summed E-state index contributed by atoms with van der Waals surface area (Å²) in [6, 6.07) is 4.86. The van der Waals surface area contributed by atoms with Crippen molar-refractivity contribution in [2.24, 2.45) is 0 Å². The molecule has 0 aromatic heterocycles. The molecule has 6 nitrogen and oxygen atoms in total. The van der Waals surface area contributed by atoms with Gasteiger partial charge in [0.2, 0.25) is 0 Å². The van der Waals surface area contributed by atoms with E-state index < -0.39 is 11.9 Å². The lowest BCUT2D eigenvalue weighted by atomic mass is 10.1. The van der Waals surface area contributed by atoms with Crippen LogP contribution in [-0.2, 0) is 18.9 Å². The van der Waals surface area contributed by atoms with Crippen LogP contribution in [0.4, 0.5) is 0 Å². The van der Waals surface area contributed by atoms with E-state index in [9.17, 15) is 9.59 Å². The summed E-state index contributed by atoms with van der Waals surface area (Å²) < 4.78 is 21.9. The molecule has 0 heterocycles. The van der Waals surface area contributed by atoms with E-state index in [4.69, 9.17) is 18.9 Å². The number of esters is 2. The van der Waals surface area contributed by atoms with Gasteiger partial charge in [0.05, 0.1) is 37.6 Å². The minimum atomic E-state index is -0.487. The second kappa shape index (κ2) is 14.8. The largest absolute Gasteiger partial charge is 0.462 e. The Morgan fingerprint density at radius 2 is 1.22 bits per heavy atom. The van der Waals surface area contributed by atoms with Gasteiger partial charge in [0.15, 0.2) is 0 Å². The molecule has 0 saturated carbocycles. The maximum absolute atomic E-state index is 12.2. The quantitative estimate of drug-likeness (QED) is 0.220. The summed E-state index contributed by atoms with van der Waals surface area (Å²) in [4.78, 5) is 24.2. The first-order valence-corrected chi connectivity index (χ1v) is 10.5. The molecule has 27 heavy (non-hydrogen) atoms. The Balaban J connectivity index is 2.36. The number of rotatable bonds is 14. The Bertz CT molecular complexity index is 576. The zero-order valence-electron chi connectivity index (χ0n) is 16.1. The molecule has 0 aliphatic carbocycles. The van der Waals surface area contributed by atoms with Crippen LogP contribution in [0.5, 0.6) is 0 Å². The molecule has 0 fully saturated rings. The van der Waals surface area contributed by atoms with Crippen molar-refractivity contribution in [3.63, 3.8) is 0 Å². The van der Waals surface area contributed by atoms with Crippen molar-refractivity contribution in [1.29, 1.82) is 0 Å². The van der Waals surface area contributed by atoms with Gasteiger partial charge in [-0.3, -0.25) is 0 Å². The number of hydrogen-bond donors (Lipinski definition) is 0. The maximum atomic E-state index is 12.2. The third-order valence-electron chi connectivity index (χ3n) is 3.58. The Morgan fingerprint density at radius 3 is 1.81 bits per heavy atom. The van der Waals surface area contributed by atoms with Crippen LogP contribution in [0.3, 0.4) is 0 Å². The Hall–Kier alpha value is -1.19. The molecule has 0 radical (unpaired) electrons. The highest BCUT2D eigenvalue weighted by molar-refractivity contribution is 14.1. The van der Waals surface area contributed by atoms with Gasteiger partial charge in [-0.25, -0.2) is 9.59 Å². The van der Waals surface area contributed by atoms with Crippen molar-refractivity contribution in [3.05, 3.63) is 32.9 Å². The average molecular weight is 492 g/mol. The topological polar surface area (TPSA) is 71.1 Å². The molecule has 7 heteroatoms. The van der Waals surface area contributed by atoms with Crippen LogP contribution in [0.1, 0.15) is 60.2 Å². The van der Waals surface area contributed by atoms with Gasteiger partial charge in [0, 0.05) is 10.2 Å². The van der Waals surface area contributed by atoms with E-state index in [1.54, 1.807) is 12.1 Å². The van der Waals surface area contributed by atoms with Gasteiger partial charge in [-0.1, -0.05) is 26.7 Å². The van der Waals surface area contributed by atoms with E-state index in [0.29, 0.717) is 37.6 Å². The second-order valence-electron chi connectivity index (χ2n) is 5.93. The standard InChI is InChI=1S/C20H29IO6/c1-3-5-7-24-9-10-25-11-12-27-20(23)17-13-16(14-18(21)15-17)19(22)26-8-6-4-2/h13-15H,3-12H2,1-2H3. The van der Waals surface area contributed by atoms with Crippen molar-refractivity contribution in [3.8, 4) is 0 Å². The lowest BCUT2D eigenvalue weighted by Crippen LogP contribution is -2.14. The first-order chi connectivity index (χ1) is 13.1. The van der Waals surface area contributed by atoms with Crippen molar-refractivity contribution in [2.75, 3.05) is 39.6 Å². The zero-order chi connectivity index (χ0) is 19.9. The summed E-state index contributed by atoms with van der Waals surface area (Å²) in [6.45, 7) is 6.71. The van der Waals surface area contributed by atoms with E-state index in [2.05, 4.69) is 29.5 Å². The molecule has 0 amide bonds. The predicted octanol–water partition coefficient (Wildman–Crippen LogP) is 4.24. The first kappa shape index (κ1) is 23.8. The fourth-order valence-electron chi connectivity index (χ4n) is 2.06. The van der Waals surface area contributed by atoms with Crippen LogP contribution >= 0.6 is 22.6 Å². The summed E-state index contributed by atoms with van der Waals surface area (Å²) in [5.74, 6) is -0.915. The Kier molecular flexibility index (Phi) is 13.1. The summed E-state index contributed by atoms with van der Waals surface area (Å²) in [6.07, 6.45) is 3.91. The minimum Gasteiger partial charge on any atom is -0.462 e. The molecule has 152 valence electrons. The molecule has 0 spiro atoms. The van der Waals surface area contributed by atoms with Crippen molar-refractivity contribution in [1.82, 2.24) is 0 Å².